The molecular weight excluding hydrogens is 386 g/mol. The fraction of sp³-hybridized carbons (Fsp3) is 0.455. The lowest BCUT2D eigenvalue weighted by Gasteiger charge is -2.23. The number of Topliss-reactive ketones (excluding diaryl/α,β-unsaturated/α-hetero) is 1. The highest BCUT2D eigenvalue weighted by Crippen LogP contribution is 2.28. The smallest absolute Gasteiger partial charge is 0.251 e. The molecule has 3 unspecified atom stereocenters. The standard InChI is InChI=1S/C22H25N3O5/c1-14(10-20(27)25-9-7-18-21(25)17(26)12-29-18)6-8-24-22(28)16-4-2-15(3-5-16)19-11-23-13-30-19/h2-5,11,13-14,18,21H,6-10,12H2,1H3,(H,24,28). The van der Waals surface area contributed by atoms with Gasteiger partial charge in [-0.1, -0.05) is 19.1 Å². The number of oxazole rings is 1. The SMILES string of the molecule is CC(CCNC(=O)c1ccc(-c2cnco2)cc1)CC(=O)N1CCC2OCC(=O)C21. The molecule has 8 nitrogen and oxygen atoms in total. The number of benzene rings is 1. The van der Waals surface area contributed by atoms with Crippen molar-refractivity contribution in [3.05, 3.63) is 42.4 Å². The highest BCUT2D eigenvalue weighted by Gasteiger charge is 2.46. The maximum atomic E-state index is 12.6. The third-order valence-corrected chi connectivity index (χ3v) is 5.74. The van der Waals surface area contributed by atoms with Gasteiger partial charge in [0.25, 0.3) is 5.91 Å². The molecule has 0 bridgehead atoms. The molecule has 2 aliphatic heterocycles. The number of nitrogens with zero attached hydrogens (tertiary/aromatic N) is 2. The molecule has 0 radical (unpaired) electrons. The molecule has 158 valence electrons. The van der Waals surface area contributed by atoms with E-state index in [1.165, 1.54) is 6.39 Å². The summed E-state index contributed by atoms with van der Waals surface area (Å²) >= 11 is 0. The topological polar surface area (TPSA) is 102 Å². The minimum absolute atomic E-state index is 0.0000882. The van der Waals surface area contributed by atoms with Crippen LogP contribution in [0.3, 0.4) is 0 Å². The molecule has 0 spiro atoms. The number of likely N-dealkylation sites (tertiary alicyclic amines) is 1. The Morgan fingerprint density at radius 3 is 2.83 bits per heavy atom. The van der Waals surface area contributed by atoms with E-state index in [9.17, 15) is 14.4 Å². The number of carbonyl (C=O) groups is 3. The molecule has 3 heterocycles. The van der Waals surface area contributed by atoms with Gasteiger partial charge in [-0.2, -0.15) is 0 Å². The van der Waals surface area contributed by atoms with Gasteiger partial charge in [0, 0.05) is 30.6 Å². The molecule has 2 aromatic rings. The molecule has 30 heavy (non-hydrogen) atoms. The second kappa shape index (κ2) is 8.79. The molecule has 4 rings (SSSR count). The van der Waals surface area contributed by atoms with Crippen LogP contribution in [0.5, 0.6) is 0 Å². The summed E-state index contributed by atoms with van der Waals surface area (Å²) in [6, 6.07) is 6.71. The van der Waals surface area contributed by atoms with E-state index in [2.05, 4.69) is 10.3 Å². The minimum atomic E-state index is -0.399. The first-order valence-electron chi connectivity index (χ1n) is 10.2. The Kier molecular flexibility index (Phi) is 5.94. The summed E-state index contributed by atoms with van der Waals surface area (Å²) in [6.45, 7) is 3.15. The van der Waals surface area contributed by atoms with Crippen molar-refractivity contribution >= 4 is 17.6 Å². The number of ether oxygens (including phenoxy) is 1. The maximum Gasteiger partial charge on any atom is 0.251 e. The van der Waals surface area contributed by atoms with Gasteiger partial charge in [0.15, 0.2) is 17.9 Å². The number of rotatable bonds is 7. The highest BCUT2D eigenvalue weighted by molar-refractivity contribution is 5.94. The Hall–Kier alpha value is -3.00. The first-order chi connectivity index (χ1) is 14.5. The van der Waals surface area contributed by atoms with Crippen molar-refractivity contribution in [3.63, 3.8) is 0 Å². The van der Waals surface area contributed by atoms with E-state index in [4.69, 9.17) is 9.15 Å². The zero-order valence-electron chi connectivity index (χ0n) is 16.9. The van der Waals surface area contributed by atoms with E-state index in [1.807, 2.05) is 19.1 Å². The Balaban J connectivity index is 1.21. The molecule has 0 aliphatic carbocycles. The minimum Gasteiger partial charge on any atom is -0.444 e. The van der Waals surface area contributed by atoms with Gasteiger partial charge in [-0.05, 0) is 30.9 Å². The second-order valence-corrected chi connectivity index (χ2v) is 7.93. The zero-order valence-corrected chi connectivity index (χ0v) is 16.9. The lowest BCUT2D eigenvalue weighted by Crippen LogP contribution is -2.42. The number of nitrogens with one attached hydrogen (secondary N) is 1. The van der Waals surface area contributed by atoms with Crippen molar-refractivity contribution in [2.75, 3.05) is 19.7 Å². The second-order valence-electron chi connectivity index (χ2n) is 7.93. The van der Waals surface area contributed by atoms with Crippen LogP contribution in [-0.2, 0) is 14.3 Å². The zero-order chi connectivity index (χ0) is 21.1. The summed E-state index contributed by atoms with van der Waals surface area (Å²) in [4.78, 5) is 42.5. The van der Waals surface area contributed by atoms with Gasteiger partial charge in [-0.15, -0.1) is 0 Å². The van der Waals surface area contributed by atoms with Gasteiger partial charge >= 0.3 is 0 Å². The molecule has 8 heteroatoms. The third-order valence-electron chi connectivity index (χ3n) is 5.74. The number of fused-ring (bicyclic) bond motifs is 1. The summed E-state index contributed by atoms with van der Waals surface area (Å²) < 4.78 is 10.7. The van der Waals surface area contributed by atoms with E-state index in [-0.39, 0.29) is 36.2 Å². The lowest BCUT2D eigenvalue weighted by molar-refractivity contribution is -0.137. The van der Waals surface area contributed by atoms with Gasteiger partial charge in [0.05, 0.1) is 12.3 Å². The molecule has 2 fully saturated rings. The number of hydrogen-bond donors (Lipinski definition) is 1. The van der Waals surface area contributed by atoms with E-state index in [1.54, 1.807) is 23.2 Å². The average molecular weight is 411 g/mol. The van der Waals surface area contributed by atoms with Crippen molar-refractivity contribution in [3.8, 4) is 11.3 Å². The van der Waals surface area contributed by atoms with E-state index in [0.29, 0.717) is 37.3 Å². The summed E-state index contributed by atoms with van der Waals surface area (Å²) in [5.41, 5.74) is 1.41. The van der Waals surface area contributed by atoms with Crippen LogP contribution in [0.1, 0.15) is 36.5 Å². The van der Waals surface area contributed by atoms with Crippen LogP contribution in [-0.4, -0.2) is 59.3 Å². The molecule has 1 N–H and O–H groups in total. The number of hydrogen-bond acceptors (Lipinski definition) is 6. The fourth-order valence-corrected chi connectivity index (χ4v) is 4.07. The molecular formula is C22H25N3O5. The number of ketones is 1. The van der Waals surface area contributed by atoms with Crippen LogP contribution in [0, 0.1) is 5.92 Å². The van der Waals surface area contributed by atoms with Gasteiger partial charge < -0.3 is 19.4 Å². The van der Waals surface area contributed by atoms with Crippen molar-refractivity contribution in [1.29, 1.82) is 0 Å². The predicted octanol–water partition coefficient (Wildman–Crippen LogP) is 2.06. The summed E-state index contributed by atoms with van der Waals surface area (Å²) in [7, 11) is 0. The average Bonchev–Trinajstić information content (AvgIpc) is 3.48. The molecule has 2 aliphatic rings. The van der Waals surface area contributed by atoms with Crippen molar-refractivity contribution in [2.45, 2.75) is 38.3 Å². The first kappa shape index (κ1) is 20.3. The molecule has 1 aromatic carbocycles. The first-order valence-corrected chi connectivity index (χ1v) is 10.2. The van der Waals surface area contributed by atoms with Crippen molar-refractivity contribution in [2.24, 2.45) is 5.92 Å². The van der Waals surface area contributed by atoms with Crippen molar-refractivity contribution in [1.82, 2.24) is 15.2 Å². The maximum absolute atomic E-state index is 12.6. The Labute approximate surface area is 174 Å². The molecule has 2 amide bonds. The lowest BCUT2D eigenvalue weighted by atomic mass is 10.0. The monoisotopic (exact) mass is 411 g/mol. The quantitative estimate of drug-likeness (QED) is 0.748. The van der Waals surface area contributed by atoms with Gasteiger partial charge in [-0.3, -0.25) is 14.4 Å². The van der Waals surface area contributed by atoms with Gasteiger partial charge in [0.1, 0.15) is 12.6 Å². The number of carbonyl (C=O) groups excluding carboxylic acids is 3. The van der Waals surface area contributed by atoms with Gasteiger partial charge in [0.2, 0.25) is 5.91 Å². The fourth-order valence-electron chi connectivity index (χ4n) is 4.07. The van der Waals surface area contributed by atoms with E-state index in [0.717, 1.165) is 12.0 Å². The predicted molar refractivity (Wildman–Crippen MR) is 108 cm³/mol. The van der Waals surface area contributed by atoms with Crippen LogP contribution in [0.4, 0.5) is 0 Å². The summed E-state index contributed by atoms with van der Waals surface area (Å²) in [5, 5.41) is 2.90. The van der Waals surface area contributed by atoms with Crippen LogP contribution >= 0.6 is 0 Å². The molecule has 1 aromatic heterocycles. The molecule has 2 saturated heterocycles. The molecule has 0 saturated carbocycles. The Morgan fingerprint density at radius 2 is 2.10 bits per heavy atom. The Bertz CT molecular complexity index is 909. The summed E-state index contributed by atoms with van der Waals surface area (Å²) in [5.74, 6) is 0.579. The van der Waals surface area contributed by atoms with Crippen LogP contribution in [0.2, 0.25) is 0 Å². The van der Waals surface area contributed by atoms with Crippen LogP contribution in [0.15, 0.2) is 41.3 Å². The highest BCUT2D eigenvalue weighted by atomic mass is 16.5. The Morgan fingerprint density at radius 1 is 1.30 bits per heavy atom. The normalized spacial score (nSPS) is 21.5. The largest absolute Gasteiger partial charge is 0.444 e. The molecule has 3 atom stereocenters. The van der Waals surface area contributed by atoms with Crippen molar-refractivity contribution < 1.29 is 23.5 Å². The van der Waals surface area contributed by atoms with Gasteiger partial charge in [-0.25, -0.2) is 4.98 Å². The summed E-state index contributed by atoms with van der Waals surface area (Å²) in [6.07, 6.45) is 4.62. The van der Waals surface area contributed by atoms with Crippen LogP contribution in [0.25, 0.3) is 11.3 Å². The van der Waals surface area contributed by atoms with Crippen LogP contribution < -0.4 is 5.32 Å². The number of amides is 2. The van der Waals surface area contributed by atoms with E-state index >= 15 is 0 Å². The van der Waals surface area contributed by atoms with E-state index < -0.39 is 6.04 Å². The number of aromatic nitrogens is 1. The third kappa shape index (κ3) is 4.28.